The average Bonchev–Trinajstić information content (AvgIpc) is 2.42. The average molecular weight is 283 g/mol. The molecular weight excluding hydrogens is 240 g/mol. The number of hydrogen-bond acceptors (Lipinski definition) is 0. The Morgan fingerprint density at radius 3 is 1.40 bits per heavy atom. The molecule has 1 unspecified atom stereocenters. The Morgan fingerprint density at radius 2 is 0.950 bits per heavy atom. The van der Waals surface area contributed by atoms with E-state index in [-0.39, 0.29) is 0 Å². The summed E-state index contributed by atoms with van der Waals surface area (Å²) in [4.78, 5) is 0. The van der Waals surface area contributed by atoms with E-state index in [0.29, 0.717) is 0 Å². The zero-order valence-corrected chi connectivity index (χ0v) is 15.1. The van der Waals surface area contributed by atoms with Gasteiger partial charge in [0.2, 0.25) is 0 Å². The van der Waals surface area contributed by atoms with Gasteiger partial charge >= 0.3 is 0 Å². The van der Waals surface area contributed by atoms with Crippen molar-refractivity contribution in [1.82, 2.24) is 0 Å². The lowest BCUT2D eigenvalue weighted by Crippen LogP contribution is -1.98. The predicted octanol–water partition coefficient (Wildman–Crippen LogP) is 7.76. The zero-order chi connectivity index (χ0) is 15.1. The second-order valence-corrected chi connectivity index (χ2v) is 7.40. The summed E-state index contributed by atoms with van der Waals surface area (Å²) >= 11 is 0. The highest BCUT2D eigenvalue weighted by molar-refractivity contribution is 4.56. The zero-order valence-electron chi connectivity index (χ0n) is 15.1. The maximum atomic E-state index is 2.44. The standard InChI is InChI=1S/C20H42/c1-5-6-7-8-9-10-11-12-13-14-15-16-20(4)18-17-19(2)3/h19-20H,5-18H2,1-4H3. The second-order valence-electron chi connectivity index (χ2n) is 7.40. The van der Waals surface area contributed by atoms with Crippen LogP contribution in [0.2, 0.25) is 0 Å². The molecular formula is C20H42. The lowest BCUT2D eigenvalue weighted by molar-refractivity contribution is 0.409. The monoisotopic (exact) mass is 282 g/mol. The van der Waals surface area contributed by atoms with Crippen molar-refractivity contribution in [3.63, 3.8) is 0 Å². The third-order valence-electron chi connectivity index (χ3n) is 4.54. The van der Waals surface area contributed by atoms with E-state index in [1.54, 1.807) is 0 Å². The van der Waals surface area contributed by atoms with E-state index in [1.807, 2.05) is 0 Å². The highest BCUT2D eigenvalue weighted by atomic mass is 14.1. The van der Waals surface area contributed by atoms with Crippen molar-refractivity contribution in [1.29, 1.82) is 0 Å². The fourth-order valence-electron chi connectivity index (χ4n) is 2.92. The fourth-order valence-corrected chi connectivity index (χ4v) is 2.92. The summed E-state index contributed by atoms with van der Waals surface area (Å²) in [6, 6.07) is 0. The summed E-state index contributed by atoms with van der Waals surface area (Å²) in [6.45, 7) is 9.42. The molecule has 122 valence electrons. The summed E-state index contributed by atoms with van der Waals surface area (Å²) in [7, 11) is 0. The van der Waals surface area contributed by atoms with E-state index in [9.17, 15) is 0 Å². The van der Waals surface area contributed by atoms with Gasteiger partial charge in [-0.15, -0.1) is 0 Å². The Kier molecular flexibility index (Phi) is 15.4. The molecule has 0 rings (SSSR count). The van der Waals surface area contributed by atoms with Crippen LogP contribution in [0.1, 0.15) is 118 Å². The van der Waals surface area contributed by atoms with Gasteiger partial charge in [-0.1, -0.05) is 118 Å². The first-order chi connectivity index (χ1) is 9.66. The first kappa shape index (κ1) is 20.0. The van der Waals surface area contributed by atoms with Crippen LogP contribution in [0.4, 0.5) is 0 Å². The molecule has 0 aliphatic carbocycles. The summed E-state index contributed by atoms with van der Waals surface area (Å²) in [5.74, 6) is 1.84. The highest BCUT2D eigenvalue weighted by Crippen LogP contribution is 2.19. The minimum atomic E-state index is 0.884. The molecule has 0 saturated heterocycles. The molecule has 0 aliphatic heterocycles. The second kappa shape index (κ2) is 15.4. The van der Waals surface area contributed by atoms with Crippen LogP contribution in [-0.4, -0.2) is 0 Å². The van der Waals surface area contributed by atoms with Gasteiger partial charge in [0, 0.05) is 0 Å². The Labute approximate surface area is 130 Å². The van der Waals surface area contributed by atoms with E-state index in [4.69, 9.17) is 0 Å². The topological polar surface area (TPSA) is 0 Å². The van der Waals surface area contributed by atoms with Crippen LogP contribution in [0.3, 0.4) is 0 Å². The summed E-state index contributed by atoms with van der Waals surface area (Å²) < 4.78 is 0. The van der Waals surface area contributed by atoms with Crippen LogP contribution >= 0.6 is 0 Å². The van der Waals surface area contributed by atoms with E-state index >= 15 is 0 Å². The summed E-state index contributed by atoms with van der Waals surface area (Å²) in [5, 5.41) is 0. The van der Waals surface area contributed by atoms with Crippen LogP contribution < -0.4 is 0 Å². The van der Waals surface area contributed by atoms with Gasteiger partial charge in [-0.05, 0) is 11.8 Å². The molecule has 0 aromatic carbocycles. The molecule has 0 radical (unpaired) electrons. The van der Waals surface area contributed by atoms with Crippen LogP contribution in [0.5, 0.6) is 0 Å². The minimum Gasteiger partial charge on any atom is -0.0654 e. The molecule has 0 amide bonds. The van der Waals surface area contributed by atoms with Crippen molar-refractivity contribution in [2.24, 2.45) is 11.8 Å². The van der Waals surface area contributed by atoms with Crippen molar-refractivity contribution >= 4 is 0 Å². The third kappa shape index (κ3) is 16.1. The maximum Gasteiger partial charge on any atom is -0.0443 e. The van der Waals surface area contributed by atoms with Gasteiger partial charge in [0.25, 0.3) is 0 Å². The van der Waals surface area contributed by atoms with Crippen LogP contribution in [0.15, 0.2) is 0 Å². The molecule has 0 aromatic rings. The van der Waals surface area contributed by atoms with Gasteiger partial charge in [0.15, 0.2) is 0 Å². The molecule has 0 aromatic heterocycles. The first-order valence-corrected chi connectivity index (χ1v) is 9.66. The lowest BCUT2D eigenvalue weighted by Gasteiger charge is -2.12. The molecule has 0 fully saturated rings. The Bertz CT molecular complexity index is 171. The quantitative estimate of drug-likeness (QED) is 0.269. The highest BCUT2D eigenvalue weighted by Gasteiger charge is 2.03. The molecule has 1 atom stereocenters. The number of rotatable bonds is 15. The fraction of sp³-hybridized carbons (Fsp3) is 1.00. The van der Waals surface area contributed by atoms with Crippen molar-refractivity contribution in [2.75, 3.05) is 0 Å². The lowest BCUT2D eigenvalue weighted by atomic mass is 9.94. The Balaban J connectivity index is 3.09. The van der Waals surface area contributed by atoms with Crippen LogP contribution in [-0.2, 0) is 0 Å². The van der Waals surface area contributed by atoms with Crippen LogP contribution in [0, 0.1) is 11.8 Å². The summed E-state index contributed by atoms with van der Waals surface area (Å²) in [5.41, 5.74) is 0. The Morgan fingerprint density at radius 1 is 0.500 bits per heavy atom. The van der Waals surface area contributed by atoms with Crippen LogP contribution in [0.25, 0.3) is 0 Å². The molecule has 0 bridgehead atoms. The van der Waals surface area contributed by atoms with E-state index in [0.717, 1.165) is 11.8 Å². The van der Waals surface area contributed by atoms with Gasteiger partial charge < -0.3 is 0 Å². The molecule has 0 heterocycles. The van der Waals surface area contributed by atoms with Gasteiger partial charge in [0.1, 0.15) is 0 Å². The van der Waals surface area contributed by atoms with E-state index < -0.39 is 0 Å². The van der Waals surface area contributed by atoms with Gasteiger partial charge in [-0.2, -0.15) is 0 Å². The SMILES string of the molecule is CCCCCCCCCCCCCC(C)CCC(C)C. The third-order valence-corrected chi connectivity index (χ3v) is 4.54. The number of unbranched alkanes of at least 4 members (excludes halogenated alkanes) is 10. The molecule has 0 nitrogen and oxygen atoms in total. The smallest absolute Gasteiger partial charge is 0.0443 e. The van der Waals surface area contributed by atoms with Gasteiger partial charge in [-0.3, -0.25) is 0 Å². The molecule has 0 saturated carbocycles. The van der Waals surface area contributed by atoms with Gasteiger partial charge in [-0.25, -0.2) is 0 Å². The molecule has 0 heteroatoms. The van der Waals surface area contributed by atoms with Crippen molar-refractivity contribution in [3.8, 4) is 0 Å². The maximum absolute atomic E-state index is 2.44. The number of hydrogen-bond donors (Lipinski definition) is 0. The van der Waals surface area contributed by atoms with Crippen molar-refractivity contribution in [2.45, 2.75) is 118 Å². The largest absolute Gasteiger partial charge is 0.0654 e. The predicted molar refractivity (Wildman–Crippen MR) is 94.3 cm³/mol. The van der Waals surface area contributed by atoms with Gasteiger partial charge in [0.05, 0.1) is 0 Å². The van der Waals surface area contributed by atoms with E-state index in [2.05, 4.69) is 27.7 Å². The van der Waals surface area contributed by atoms with E-state index in [1.165, 1.54) is 89.9 Å². The Hall–Kier alpha value is 0. The molecule has 0 aliphatic rings. The first-order valence-electron chi connectivity index (χ1n) is 9.66. The normalized spacial score (nSPS) is 13.1. The molecule has 0 N–H and O–H groups in total. The summed E-state index contributed by atoms with van der Waals surface area (Å²) in [6.07, 6.45) is 20.4. The molecule has 20 heavy (non-hydrogen) atoms. The van der Waals surface area contributed by atoms with Crippen molar-refractivity contribution < 1.29 is 0 Å². The molecule has 0 spiro atoms. The minimum absolute atomic E-state index is 0.884. The van der Waals surface area contributed by atoms with Crippen molar-refractivity contribution in [3.05, 3.63) is 0 Å².